The van der Waals surface area contributed by atoms with Gasteiger partial charge in [-0.1, -0.05) is 6.07 Å². The van der Waals surface area contributed by atoms with Crippen LogP contribution in [0, 0.1) is 0 Å². The second-order valence-electron chi connectivity index (χ2n) is 5.76. The number of amides is 1. The summed E-state index contributed by atoms with van der Waals surface area (Å²) in [6, 6.07) is 10.4. The molecule has 2 aromatic carbocycles. The second kappa shape index (κ2) is 7.20. The standard InChI is InChI=1S/C19H15N3O5S/c1-25-14-4-3-5-15(26-2)16(14)17(23)22-18-20-12(9-28-18)10-6-7-13-11(8-10)21-19(24)27-13/h3-9H,1-2H3,(H,21,24)(H,20,22,23). The van der Waals surface area contributed by atoms with Gasteiger partial charge in [0.25, 0.3) is 5.91 Å². The van der Waals surface area contributed by atoms with Gasteiger partial charge in [0.15, 0.2) is 10.7 Å². The molecule has 9 heteroatoms. The number of nitrogens with zero attached hydrogens (tertiary/aromatic N) is 1. The summed E-state index contributed by atoms with van der Waals surface area (Å²) in [6.07, 6.45) is 0. The Balaban J connectivity index is 1.61. The third-order valence-corrected chi connectivity index (χ3v) is 4.85. The average molecular weight is 397 g/mol. The van der Waals surface area contributed by atoms with E-state index in [2.05, 4.69) is 15.3 Å². The van der Waals surface area contributed by atoms with Crippen molar-refractivity contribution in [1.29, 1.82) is 0 Å². The lowest BCUT2D eigenvalue weighted by atomic mass is 10.1. The van der Waals surface area contributed by atoms with Crippen LogP contribution < -0.4 is 20.5 Å². The number of hydrogen-bond donors (Lipinski definition) is 2. The minimum absolute atomic E-state index is 0.293. The fraction of sp³-hybridized carbons (Fsp3) is 0.105. The van der Waals surface area contributed by atoms with Crippen LogP contribution in [0.5, 0.6) is 11.5 Å². The third-order valence-electron chi connectivity index (χ3n) is 4.09. The first-order valence-electron chi connectivity index (χ1n) is 8.20. The van der Waals surface area contributed by atoms with Crippen molar-refractivity contribution in [2.75, 3.05) is 19.5 Å². The van der Waals surface area contributed by atoms with Crippen LogP contribution in [-0.2, 0) is 0 Å². The van der Waals surface area contributed by atoms with Gasteiger partial charge in [-0.25, -0.2) is 9.78 Å². The number of hydrogen-bond acceptors (Lipinski definition) is 7. The van der Waals surface area contributed by atoms with Crippen molar-refractivity contribution in [3.8, 4) is 22.8 Å². The molecule has 2 aromatic heterocycles. The molecular weight excluding hydrogens is 382 g/mol. The number of benzene rings is 2. The maximum atomic E-state index is 12.7. The number of nitrogens with one attached hydrogen (secondary N) is 2. The van der Waals surface area contributed by atoms with Crippen LogP contribution in [0.15, 0.2) is 51.0 Å². The largest absolute Gasteiger partial charge is 0.496 e. The van der Waals surface area contributed by atoms with E-state index in [1.54, 1.807) is 36.4 Å². The highest BCUT2D eigenvalue weighted by Gasteiger charge is 2.19. The van der Waals surface area contributed by atoms with Gasteiger partial charge in [0.2, 0.25) is 0 Å². The molecule has 2 N–H and O–H groups in total. The highest BCUT2D eigenvalue weighted by atomic mass is 32.1. The van der Waals surface area contributed by atoms with Crippen molar-refractivity contribution >= 4 is 33.5 Å². The van der Waals surface area contributed by atoms with Crippen LogP contribution in [0.3, 0.4) is 0 Å². The van der Waals surface area contributed by atoms with Gasteiger partial charge in [0.1, 0.15) is 17.1 Å². The highest BCUT2D eigenvalue weighted by Crippen LogP contribution is 2.31. The number of aromatic amines is 1. The first-order chi connectivity index (χ1) is 13.6. The fourth-order valence-electron chi connectivity index (χ4n) is 2.81. The SMILES string of the molecule is COc1cccc(OC)c1C(=O)Nc1nc(-c2ccc3oc(=O)[nH]c3c2)cs1. The van der Waals surface area contributed by atoms with Crippen LogP contribution in [0.25, 0.3) is 22.4 Å². The number of H-pyrrole nitrogens is 1. The van der Waals surface area contributed by atoms with Crippen molar-refractivity contribution in [2.24, 2.45) is 0 Å². The van der Waals surface area contributed by atoms with Crippen LogP contribution >= 0.6 is 11.3 Å². The summed E-state index contributed by atoms with van der Waals surface area (Å²) in [5, 5.41) is 5.01. The zero-order chi connectivity index (χ0) is 19.7. The van der Waals surface area contributed by atoms with Gasteiger partial charge in [-0.3, -0.25) is 15.1 Å². The number of anilines is 1. The van der Waals surface area contributed by atoms with Crippen molar-refractivity contribution in [2.45, 2.75) is 0 Å². The summed E-state index contributed by atoms with van der Waals surface area (Å²) < 4.78 is 15.5. The molecular formula is C19H15N3O5S. The molecule has 0 unspecified atom stereocenters. The lowest BCUT2D eigenvalue weighted by Gasteiger charge is -2.11. The smallest absolute Gasteiger partial charge is 0.417 e. The summed E-state index contributed by atoms with van der Waals surface area (Å²) in [5.74, 6) is -0.0834. The summed E-state index contributed by atoms with van der Waals surface area (Å²) >= 11 is 1.28. The number of carbonyl (C=O) groups excluding carboxylic acids is 1. The van der Waals surface area contributed by atoms with Crippen molar-refractivity contribution in [3.05, 3.63) is 57.9 Å². The Labute approximate surface area is 162 Å². The topological polar surface area (TPSA) is 106 Å². The van der Waals surface area contributed by atoms with Gasteiger partial charge in [-0.05, 0) is 30.3 Å². The molecule has 0 aliphatic carbocycles. The molecule has 28 heavy (non-hydrogen) atoms. The second-order valence-corrected chi connectivity index (χ2v) is 6.61. The quantitative estimate of drug-likeness (QED) is 0.534. The summed E-state index contributed by atoms with van der Waals surface area (Å²) in [6.45, 7) is 0. The molecule has 1 amide bonds. The van der Waals surface area contributed by atoms with E-state index in [1.165, 1.54) is 25.6 Å². The molecule has 4 aromatic rings. The molecule has 0 saturated heterocycles. The van der Waals surface area contributed by atoms with Crippen LogP contribution in [-0.4, -0.2) is 30.1 Å². The third kappa shape index (κ3) is 3.23. The monoisotopic (exact) mass is 397 g/mol. The van der Waals surface area contributed by atoms with Crippen LogP contribution in [0.1, 0.15) is 10.4 Å². The van der Waals surface area contributed by atoms with Crippen LogP contribution in [0.2, 0.25) is 0 Å². The molecule has 8 nitrogen and oxygen atoms in total. The number of ether oxygens (including phenoxy) is 2. The molecule has 0 fully saturated rings. The van der Waals surface area contributed by atoms with E-state index >= 15 is 0 Å². The van der Waals surface area contributed by atoms with Gasteiger partial charge in [-0.15, -0.1) is 11.3 Å². The Morgan fingerprint density at radius 2 is 1.93 bits per heavy atom. The minimum atomic E-state index is -0.510. The van der Waals surface area contributed by atoms with E-state index in [0.29, 0.717) is 39.0 Å². The van der Waals surface area contributed by atoms with Gasteiger partial charge in [-0.2, -0.15) is 0 Å². The Morgan fingerprint density at radius 1 is 1.18 bits per heavy atom. The number of thiazole rings is 1. The van der Waals surface area contributed by atoms with Crippen LogP contribution in [0.4, 0.5) is 5.13 Å². The van der Waals surface area contributed by atoms with E-state index < -0.39 is 5.76 Å². The molecule has 0 aliphatic heterocycles. The maximum Gasteiger partial charge on any atom is 0.417 e. The number of carbonyl (C=O) groups is 1. The first kappa shape index (κ1) is 17.8. The predicted molar refractivity (Wildman–Crippen MR) is 105 cm³/mol. The highest BCUT2D eigenvalue weighted by molar-refractivity contribution is 7.14. The maximum absolute atomic E-state index is 12.7. The Bertz CT molecular complexity index is 1200. The lowest BCUT2D eigenvalue weighted by molar-refractivity contribution is 0.102. The van der Waals surface area contributed by atoms with Gasteiger partial charge in [0, 0.05) is 10.9 Å². The predicted octanol–water partition coefficient (Wildman–Crippen LogP) is 3.51. The molecule has 0 spiro atoms. The Morgan fingerprint density at radius 3 is 2.64 bits per heavy atom. The normalized spacial score (nSPS) is 10.8. The Hall–Kier alpha value is -3.59. The number of fused-ring (bicyclic) bond motifs is 1. The van der Waals surface area contributed by atoms with E-state index in [4.69, 9.17) is 13.9 Å². The summed E-state index contributed by atoms with van der Waals surface area (Å²) in [5.41, 5.74) is 2.80. The number of methoxy groups -OCH3 is 2. The molecule has 0 atom stereocenters. The Kier molecular flexibility index (Phi) is 4.58. The molecule has 0 bridgehead atoms. The van der Waals surface area contributed by atoms with Gasteiger partial charge in [0.05, 0.1) is 25.4 Å². The summed E-state index contributed by atoms with van der Waals surface area (Å²) in [7, 11) is 2.98. The molecule has 2 heterocycles. The molecule has 0 aliphatic rings. The molecule has 142 valence electrons. The van der Waals surface area contributed by atoms with Gasteiger partial charge < -0.3 is 13.9 Å². The number of rotatable bonds is 5. The summed E-state index contributed by atoms with van der Waals surface area (Å²) in [4.78, 5) is 31.1. The van der Waals surface area contributed by atoms with E-state index in [0.717, 1.165) is 5.56 Å². The zero-order valence-electron chi connectivity index (χ0n) is 14.9. The number of aromatic nitrogens is 2. The van der Waals surface area contributed by atoms with Gasteiger partial charge >= 0.3 is 5.76 Å². The first-order valence-corrected chi connectivity index (χ1v) is 9.08. The number of oxazole rings is 1. The van der Waals surface area contributed by atoms with E-state index in [-0.39, 0.29) is 5.91 Å². The molecule has 0 radical (unpaired) electrons. The minimum Gasteiger partial charge on any atom is -0.496 e. The molecule has 0 saturated carbocycles. The average Bonchev–Trinajstić information content (AvgIpc) is 3.31. The molecule has 4 rings (SSSR count). The fourth-order valence-corrected chi connectivity index (χ4v) is 3.52. The lowest BCUT2D eigenvalue weighted by Crippen LogP contribution is -2.14. The zero-order valence-corrected chi connectivity index (χ0v) is 15.8. The van der Waals surface area contributed by atoms with Crippen molar-refractivity contribution < 1.29 is 18.7 Å². The van der Waals surface area contributed by atoms with E-state index in [1.807, 2.05) is 5.38 Å². The van der Waals surface area contributed by atoms with E-state index in [9.17, 15) is 9.59 Å². The van der Waals surface area contributed by atoms with Crippen molar-refractivity contribution in [3.63, 3.8) is 0 Å². The van der Waals surface area contributed by atoms with Crippen molar-refractivity contribution in [1.82, 2.24) is 9.97 Å².